The molecule has 0 saturated carbocycles. The van der Waals surface area contributed by atoms with Crippen molar-refractivity contribution in [2.75, 3.05) is 6.26 Å². The molecule has 0 N–H and O–H groups in total. The molecule has 24 heavy (non-hydrogen) atoms. The maximum absolute atomic E-state index is 13.4. The molecule has 1 heterocycles. The molecule has 0 aliphatic heterocycles. The second kappa shape index (κ2) is 5.93. The molecule has 1 aromatic heterocycles. The van der Waals surface area contributed by atoms with Gasteiger partial charge in [-0.05, 0) is 44.2 Å². The number of hydrogen-bond acceptors (Lipinski definition) is 4. The molecule has 0 saturated heterocycles. The lowest BCUT2D eigenvalue weighted by molar-refractivity contribution is 0.112. The minimum Gasteiger partial charge on any atom is -0.298 e. The van der Waals surface area contributed by atoms with Gasteiger partial charge in [-0.2, -0.15) is 0 Å². The molecule has 126 valence electrons. The molecule has 1 atom stereocenters. The summed E-state index contributed by atoms with van der Waals surface area (Å²) >= 11 is 1.53. The highest BCUT2D eigenvalue weighted by Gasteiger charge is 2.40. The molecule has 0 amide bonds. The summed E-state index contributed by atoms with van der Waals surface area (Å²) in [5, 5.41) is 0.664. The number of allylic oxidation sites excluding steroid dienone is 2. The van der Waals surface area contributed by atoms with E-state index in [1.807, 2.05) is 31.4 Å². The van der Waals surface area contributed by atoms with Crippen molar-refractivity contribution in [3.63, 3.8) is 0 Å². The summed E-state index contributed by atoms with van der Waals surface area (Å²) in [5.41, 5.74) is 1.90. The number of aldehydes is 1. The van der Waals surface area contributed by atoms with Crippen LogP contribution in [0.2, 0.25) is 0 Å². The first-order valence-corrected chi connectivity index (χ1v) is 10.2. The Kier molecular flexibility index (Phi) is 4.21. The summed E-state index contributed by atoms with van der Waals surface area (Å²) in [6, 6.07) is 5.20. The van der Waals surface area contributed by atoms with Gasteiger partial charge in [-0.15, -0.1) is 11.8 Å². The van der Waals surface area contributed by atoms with Crippen LogP contribution >= 0.6 is 11.8 Å². The Bertz CT molecular complexity index is 983. The zero-order valence-electron chi connectivity index (χ0n) is 13.8. The molecule has 1 aliphatic rings. The average Bonchev–Trinajstić information content (AvgIpc) is 3.02. The van der Waals surface area contributed by atoms with E-state index in [0.29, 0.717) is 22.9 Å². The number of rotatable bonds is 4. The number of aromatic nitrogens is 1. The van der Waals surface area contributed by atoms with E-state index in [1.165, 1.54) is 15.7 Å². The predicted molar refractivity (Wildman–Crippen MR) is 100 cm³/mol. The lowest BCUT2D eigenvalue weighted by Crippen LogP contribution is -2.38. The van der Waals surface area contributed by atoms with Crippen LogP contribution in [-0.4, -0.2) is 29.7 Å². The first kappa shape index (κ1) is 17.0. The number of fused-ring (bicyclic) bond motifs is 1. The largest absolute Gasteiger partial charge is 0.298 e. The normalized spacial score (nSPS) is 21.0. The Morgan fingerprint density at radius 1 is 1.29 bits per heavy atom. The Morgan fingerprint density at radius 2 is 2.04 bits per heavy atom. The first-order chi connectivity index (χ1) is 11.3. The van der Waals surface area contributed by atoms with E-state index in [0.717, 1.165) is 16.8 Å². The molecule has 2 aromatic rings. The maximum atomic E-state index is 13.4. The van der Waals surface area contributed by atoms with Gasteiger partial charge in [-0.3, -0.25) is 4.79 Å². The van der Waals surface area contributed by atoms with Gasteiger partial charge in [0.2, 0.25) is 10.0 Å². The van der Waals surface area contributed by atoms with E-state index < -0.39 is 14.8 Å². The van der Waals surface area contributed by atoms with Crippen LogP contribution in [-0.2, 0) is 10.0 Å². The van der Waals surface area contributed by atoms with Crippen LogP contribution in [0.25, 0.3) is 10.9 Å². The highest BCUT2D eigenvalue weighted by molar-refractivity contribution is 8.02. The fraction of sp³-hybridized carbons (Fsp3) is 0.278. The van der Waals surface area contributed by atoms with E-state index in [1.54, 1.807) is 31.3 Å². The van der Waals surface area contributed by atoms with Crippen LogP contribution in [0.3, 0.4) is 0 Å². The van der Waals surface area contributed by atoms with Gasteiger partial charge in [-0.25, -0.2) is 12.4 Å². The van der Waals surface area contributed by atoms with Gasteiger partial charge in [0.15, 0.2) is 6.29 Å². The number of thioether (sulfide) groups is 1. The summed E-state index contributed by atoms with van der Waals surface area (Å²) in [6.45, 7) is 3.60. The number of benzene rings is 1. The fourth-order valence-electron chi connectivity index (χ4n) is 3.07. The molecule has 1 aliphatic carbocycles. The lowest BCUT2D eigenvalue weighted by Gasteiger charge is -2.29. The van der Waals surface area contributed by atoms with Crippen molar-refractivity contribution in [3.8, 4) is 0 Å². The number of nitrogens with zero attached hydrogens (tertiary/aromatic N) is 1. The highest BCUT2D eigenvalue weighted by Crippen LogP contribution is 2.36. The average molecular weight is 361 g/mol. The van der Waals surface area contributed by atoms with E-state index in [-0.39, 0.29) is 0 Å². The number of carbonyl (C=O) groups excluding carboxylic acids is 1. The smallest absolute Gasteiger partial charge is 0.248 e. The molecule has 0 fully saturated rings. The van der Waals surface area contributed by atoms with Crippen molar-refractivity contribution in [3.05, 3.63) is 58.7 Å². The monoisotopic (exact) mass is 361 g/mol. The zero-order chi connectivity index (χ0) is 17.5. The third-order valence-corrected chi connectivity index (χ3v) is 7.52. The number of carbonyl (C=O) groups is 1. The molecule has 0 spiro atoms. The first-order valence-electron chi connectivity index (χ1n) is 7.58. The molecule has 3 rings (SSSR count). The summed E-state index contributed by atoms with van der Waals surface area (Å²) in [5.74, 6) is 0. The van der Waals surface area contributed by atoms with Gasteiger partial charge < -0.3 is 0 Å². The van der Waals surface area contributed by atoms with Crippen LogP contribution < -0.4 is 0 Å². The Balaban J connectivity index is 2.26. The molecular formula is C18H19NO3S2. The summed E-state index contributed by atoms with van der Waals surface area (Å²) in [4.78, 5) is 12.2. The van der Waals surface area contributed by atoms with Crippen molar-refractivity contribution in [2.24, 2.45) is 0 Å². The van der Waals surface area contributed by atoms with Crippen molar-refractivity contribution in [1.29, 1.82) is 0 Å². The molecule has 0 bridgehead atoms. The summed E-state index contributed by atoms with van der Waals surface area (Å²) in [6.07, 6.45) is 10.3. The standard InChI is InChI=1S/C18H19NO3S2/c1-13-6-7-14(12-20)16-8-10-19(17(13)16)24(21,22)18(2)9-4-5-15(11-18)23-3/h4-8,10-12H,9H2,1-3H3. The van der Waals surface area contributed by atoms with Gasteiger partial charge in [-0.1, -0.05) is 24.3 Å². The van der Waals surface area contributed by atoms with E-state index in [4.69, 9.17) is 0 Å². The molecule has 6 heteroatoms. The van der Waals surface area contributed by atoms with Crippen LogP contribution in [0.15, 0.2) is 47.5 Å². The van der Waals surface area contributed by atoms with Gasteiger partial charge in [0, 0.05) is 22.1 Å². The van der Waals surface area contributed by atoms with E-state index >= 15 is 0 Å². The zero-order valence-corrected chi connectivity index (χ0v) is 15.4. The Labute approximate surface area is 146 Å². The van der Waals surface area contributed by atoms with Gasteiger partial charge >= 0.3 is 0 Å². The third-order valence-electron chi connectivity index (χ3n) is 4.51. The van der Waals surface area contributed by atoms with Crippen LogP contribution in [0, 0.1) is 6.92 Å². The van der Waals surface area contributed by atoms with Crippen LogP contribution in [0.5, 0.6) is 0 Å². The van der Waals surface area contributed by atoms with Crippen molar-refractivity contribution >= 4 is 39.0 Å². The van der Waals surface area contributed by atoms with Crippen molar-refractivity contribution in [1.82, 2.24) is 3.97 Å². The molecular weight excluding hydrogens is 342 g/mol. The second-order valence-corrected chi connectivity index (χ2v) is 9.29. The van der Waals surface area contributed by atoms with Gasteiger partial charge in [0.25, 0.3) is 0 Å². The summed E-state index contributed by atoms with van der Waals surface area (Å²) in [7, 11) is -3.68. The quantitative estimate of drug-likeness (QED) is 0.775. The van der Waals surface area contributed by atoms with Gasteiger partial charge in [0.1, 0.15) is 4.75 Å². The maximum Gasteiger partial charge on any atom is 0.248 e. The highest BCUT2D eigenvalue weighted by atomic mass is 32.2. The topological polar surface area (TPSA) is 56.1 Å². The SMILES string of the molecule is CSC1=CC(C)(S(=O)(=O)n2ccc3c(C=O)ccc(C)c32)CC=C1. The Morgan fingerprint density at radius 3 is 2.71 bits per heavy atom. The molecule has 4 nitrogen and oxygen atoms in total. The molecule has 1 unspecified atom stereocenters. The lowest BCUT2D eigenvalue weighted by atomic mass is 10.0. The van der Waals surface area contributed by atoms with Crippen molar-refractivity contribution < 1.29 is 13.2 Å². The number of hydrogen-bond donors (Lipinski definition) is 0. The van der Waals surface area contributed by atoms with Crippen LogP contribution in [0.4, 0.5) is 0 Å². The minimum atomic E-state index is -3.68. The number of aryl methyl sites for hydroxylation is 1. The van der Waals surface area contributed by atoms with Crippen molar-refractivity contribution in [2.45, 2.75) is 25.0 Å². The van der Waals surface area contributed by atoms with Crippen LogP contribution in [0.1, 0.15) is 29.3 Å². The van der Waals surface area contributed by atoms with Gasteiger partial charge in [0.05, 0.1) is 5.52 Å². The fourth-order valence-corrected chi connectivity index (χ4v) is 5.49. The van der Waals surface area contributed by atoms with E-state index in [2.05, 4.69) is 0 Å². The molecule has 0 radical (unpaired) electrons. The predicted octanol–water partition coefficient (Wildman–Crippen LogP) is 3.91. The molecule has 1 aromatic carbocycles. The summed E-state index contributed by atoms with van der Waals surface area (Å²) < 4.78 is 27.1. The second-order valence-electron chi connectivity index (χ2n) is 6.14. The third kappa shape index (κ3) is 2.45. The minimum absolute atomic E-state index is 0.422. The Hall–Kier alpha value is -1.79. The van der Waals surface area contributed by atoms with E-state index in [9.17, 15) is 13.2 Å².